The van der Waals surface area contributed by atoms with Crippen molar-refractivity contribution in [3.05, 3.63) is 60.2 Å². The van der Waals surface area contributed by atoms with E-state index in [-0.39, 0.29) is 16.9 Å². The molecule has 0 saturated carbocycles. The fourth-order valence-electron chi connectivity index (χ4n) is 2.83. The lowest BCUT2D eigenvalue weighted by molar-refractivity contribution is -0.0226. The number of hydrogen-bond acceptors (Lipinski definition) is 4. The van der Waals surface area contributed by atoms with Crippen molar-refractivity contribution >= 4 is 21.6 Å². The van der Waals surface area contributed by atoms with Gasteiger partial charge >= 0.3 is 0 Å². The Morgan fingerprint density at radius 2 is 1.85 bits per heavy atom. The first kappa shape index (κ1) is 18.4. The zero-order valence-electron chi connectivity index (χ0n) is 14.6. The van der Waals surface area contributed by atoms with Gasteiger partial charge in [0.1, 0.15) is 0 Å². The minimum atomic E-state index is -3.64. The number of morpholine rings is 1. The Bertz CT molecular complexity index is 851. The number of sulfonamides is 1. The molecule has 1 amide bonds. The van der Waals surface area contributed by atoms with Crippen molar-refractivity contribution in [3.63, 3.8) is 0 Å². The van der Waals surface area contributed by atoms with Gasteiger partial charge in [0.15, 0.2) is 0 Å². The zero-order chi connectivity index (χ0) is 18.6. The zero-order valence-corrected chi connectivity index (χ0v) is 15.4. The number of carbonyl (C=O) groups excluding carboxylic acids is 1. The van der Waals surface area contributed by atoms with Crippen LogP contribution in [0.15, 0.2) is 59.5 Å². The highest BCUT2D eigenvalue weighted by Gasteiger charge is 2.24. The molecule has 3 rings (SSSR count). The molecule has 1 heterocycles. The molecule has 1 atom stereocenters. The Hall–Kier alpha value is -2.38. The van der Waals surface area contributed by atoms with E-state index < -0.39 is 10.0 Å². The van der Waals surface area contributed by atoms with Gasteiger partial charge < -0.3 is 9.64 Å². The fourth-order valence-corrected chi connectivity index (χ4v) is 3.91. The molecule has 7 heteroatoms. The molecule has 0 radical (unpaired) electrons. The van der Waals surface area contributed by atoms with E-state index in [1.165, 1.54) is 12.1 Å². The van der Waals surface area contributed by atoms with Gasteiger partial charge in [0.05, 0.1) is 17.6 Å². The van der Waals surface area contributed by atoms with Crippen LogP contribution in [0.3, 0.4) is 0 Å². The minimum Gasteiger partial charge on any atom is -0.375 e. The summed E-state index contributed by atoms with van der Waals surface area (Å²) in [6.45, 7) is 3.72. The summed E-state index contributed by atoms with van der Waals surface area (Å²) in [7, 11) is -3.64. The molecule has 1 fully saturated rings. The van der Waals surface area contributed by atoms with Crippen LogP contribution < -0.4 is 4.72 Å². The maximum absolute atomic E-state index is 12.6. The maximum Gasteiger partial charge on any atom is 0.261 e. The van der Waals surface area contributed by atoms with Crippen LogP contribution in [0.1, 0.15) is 23.7 Å². The third-order valence-electron chi connectivity index (χ3n) is 4.32. The Balaban J connectivity index is 1.69. The number of ether oxygens (including phenoxy) is 1. The highest BCUT2D eigenvalue weighted by atomic mass is 32.2. The molecule has 0 bridgehead atoms. The predicted octanol–water partition coefficient (Wildman–Crippen LogP) is 2.74. The number of carbonyl (C=O) groups is 1. The van der Waals surface area contributed by atoms with E-state index in [0.29, 0.717) is 30.9 Å². The van der Waals surface area contributed by atoms with E-state index in [1.54, 1.807) is 47.4 Å². The van der Waals surface area contributed by atoms with Crippen LogP contribution in [0, 0.1) is 0 Å². The second kappa shape index (κ2) is 7.88. The Labute approximate surface area is 153 Å². The molecule has 2 aromatic carbocycles. The number of benzene rings is 2. The van der Waals surface area contributed by atoms with Crippen molar-refractivity contribution in [2.75, 3.05) is 24.4 Å². The van der Waals surface area contributed by atoms with E-state index in [0.717, 1.165) is 6.42 Å². The highest BCUT2D eigenvalue weighted by molar-refractivity contribution is 7.92. The van der Waals surface area contributed by atoms with E-state index >= 15 is 0 Å². The van der Waals surface area contributed by atoms with Crippen LogP contribution in [0.2, 0.25) is 0 Å². The van der Waals surface area contributed by atoms with Gasteiger partial charge in [0.25, 0.3) is 15.9 Å². The SMILES string of the molecule is CC[C@@H]1CN(C(=O)c2ccc(NS(=O)(=O)c3ccccc3)cc2)CCO1. The van der Waals surface area contributed by atoms with Crippen LogP contribution in [0.25, 0.3) is 0 Å². The van der Waals surface area contributed by atoms with E-state index in [1.807, 2.05) is 6.92 Å². The lowest BCUT2D eigenvalue weighted by Crippen LogP contribution is -2.45. The van der Waals surface area contributed by atoms with Gasteiger partial charge in [0, 0.05) is 24.3 Å². The average molecular weight is 374 g/mol. The molecule has 6 nitrogen and oxygen atoms in total. The molecule has 0 aromatic heterocycles. The molecule has 1 aliphatic heterocycles. The quantitative estimate of drug-likeness (QED) is 0.873. The first-order valence-electron chi connectivity index (χ1n) is 8.58. The topological polar surface area (TPSA) is 75.7 Å². The van der Waals surface area contributed by atoms with Gasteiger partial charge in [0.2, 0.25) is 0 Å². The molecular weight excluding hydrogens is 352 g/mol. The van der Waals surface area contributed by atoms with Crippen LogP contribution in [-0.4, -0.2) is 45.0 Å². The summed E-state index contributed by atoms with van der Waals surface area (Å²) in [5, 5.41) is 0. The molecule has 0 aliphatic carbocycles. The van der Waals surface area contributed by atoms with Crippen molar-refractivity contribution in [2.45, 2.75) is 24.3 Å². The van der Waals surface area contributed by atoms with E-state index in [2.05, 4.69) is 4.72 Å². The fraction of sp³-hybridized carbons (Fsp3) is 0.316. The van der Waals surface area contributed by atoms with Crippen molar-refractivity contribution in [3.8, 4) is 0 Å². The molecular formula is C19H22N2O4S. The minimum absolute atomic E-state index is 0.0655. The van der Waals surface area contributed by atoms with Crippen LogP contribution in [-0.2, 0) is 14.8 Å². The number of anilines is 1. The first-order valence-corrected chi connectivity index (χ1v) is 10.1. The Kier molecular flexibility index (Phi) is 5.58. The smallest absolute Gasteiger partial charge is 0.261 e. The lowest BCUT2D eigenvalue weighted by atomic mass is 10.1. The van der Waals surface area contributed by atoms with Crippen molar-refractivity contribution in [1.82, 2.24) is 4.90 Å². The number of rotatable bonds is 5. The first-order chi connectivity index (χ1) is 12.5. The number of hydrogen-bond donors (Lipinski definition) is 1. The molecule has 1 aliphatic rings. The summed E-state index contributed by atoms with van der Waals surface area (Å²) < 4.78 is 32.8. The lowest BCUT2D eigenvalue weighted by Gasteiger charge is -2.32. The van der Waals surface area contributed by atoms with Gasteiger partial charge in [-0.2, -0.15) is 0 Å². The van der Waals surface area contributed by atoms with Gasteiger partial charge in [-0.05, 0) is 42.8 Å². The third-order valence-corrected chi connectivity index (χ3v) is 5.72. The van der Waals surface area contributed by atoms with Crippen molar-refractivity contribution in [1.29, 1.82) is 0 Å². The van der Waals surface area contributed by atoms with Gasteiger partial charge in [-0.25, -0.2) is 8.42 Å². The predicted molar refractivity (Wildman–Crippen MR) is 99.6 cm³/mol. The van der Waals surface area contributed by atoms with Crippen molar-refractivity contribution in [2.24, 2.45) is 0 Å². The van der Waals surface area contributed by atoms with E-state index in [4.69, 9.17) is 4.74 Å². The molecule has 138 valence electrons. The molecule has 2 aromatic rings. The van der Waals surface area contributed by atoms with Gasteiger partial charge in [-0.3, -0.25) is 9.52 Å². The highest BCUT2D eigenvalue weighted by Crippen LogP contribution is 2.18. The average Bonchev–Trinajstić information content (AvgIpc) is 2.68. The van der Waals surface area contributed by atoms with Crippen LogP contribution >= 0.6 is 0 Å². The van der Waals surface area contributed by atoms with Crippen molar-refractivity contribution < 1.29 is 17.9 Å². The summed E-state index contributed by atoms with van der Waals surface area (Å²) in [5.74, 6) is -0.0655. The largest absolute Gasteiger partial charge is 0.375 e. The van der Waals surface area contributed by atoms with E-state index in [9.17, 15) is 13.2 Å². The Morgan fingerprint density at radius 1 is 1.15 bits per heavy atom. The molecule has 0 unspecified atom stereocenters. The maximum atomic E-state index is 12.6. The number of nitrogens with one attached hydrogen (secondary N) is 1. The summed E-state index contributed by atoms with van der Waals surface area (Å²) >= 11 is 0. The summed E-state index contributed by atoms with van der Waals surface area (Å²) in [5.41, 5.74) is 0.947. The summed E-state index contributed by atoms with van der Waals surface area (Å²) in [6, 6.07) is 14.6. The second-order valence-electron chi connectivity index (χ2n) is 6.15. The monoisotopic (exact) mass is 374 g/mol. The van der Waals surface area contributed by atoms with Gasteiger partial charge in [-0.1, -0.05) is 25.1 Å². The standard InChI is InChI=1S/C19H22N2O4S/c1-2-17-14-21(12-13-25-17)19(22)15-8-10-16(11-9-15)20-26(23,24)18-6-4-3-5-7-18/h3-11,17,20H,2,12-14H2,1H3/t17-/m1/s1. The van der Waals surface area contributed by atoms with Crippen LogP contribution in [0.4, 0.5) is 5.69 Å². The molecule has 26 heavy (non-hydrogen) atoms. The van der Waals surface area contributed by atoms with Gasteiger partial charge in [-0.15, -0.1) is 0 Å². The molecule has 1 N–H and O–H groups in total. The second-order valence-corrected chi connectivity index (χ2v) is 7.83. The number of nitrogens with zero attached hydrogens (tertiary/aromatic N) is 1. The number of amides is 1. The summed E-state index contributed by atoms with van der Waals surface area (Å²) in [6.07, 6.45) is 0.939. The third kappa shape index (κ3) is 4.23. The normalized spacial score (nSPS) is 17.7. The molecule has 0 spiro atoms. The summed E-state index contributed by atoms with van der Waals surface area (Å²) in [4.78, 5) is 14.6. The molecule has 1 saturated heterocycles. The Morgan fingerprint density at radius 3 is 2.50 bits per heavy atom. The van der Waals surface area contributed by atoms with Crippen LogP contribution in [0.5, 0.6) is 0 Å².